The number of benzene rings is 2. The Morgan fingerprint density at radius 1 is 1.12 bits per heavy atom. The highest BCUT2D eigenvalue weighted by Crippen LogP contribution is 2.25. The summed E-state index contributed by atoms with van der Waals surface area (Å²) < 4.78 is 5.16. The average molecular weight is 340 g/mol. The van der Waals surface area contributed by atoms with Crippen LogP contribution in [0.4, 0.5) is 0 Å². The van der Waals surface area contributed by atoms with Crippen LogP contribution in [0.5, 0.6) is 5.75 Å². The summed E-state index contributed by atoms with van der Waals surface area (Å²) in [5.74, 6) is 0.810. The van der Waals surface area contributed by atoms with E-state index in [2.05, 4.69) is 47.5 Å². The monoisotopic (exact) mass is 340 g/mol. The third-order valence-electron chi connectivity index (χ3n) is 5.15. The maximum absolute atomic E-state index is 10.4. The Bertz CT molecular complexity index is 645. The van der Waals surface area contributed by atoms with Crippen molar-refractivity contribution in [3.05, 3.63) is 65.7 Å². The molecule has 0 bridgehead atoms. The molecule has 1 aliphatic heterocycles. The molecular formula is C21H28N2O2. The fraction of sp³-hybridized carbons (Fsp3) is 0.429. The third kappa shape index (κ3) is 4.60. The summed E-state index contributed by atoms with van der Waals surface area (Å²) in [7, 11) is 1.65. The maximum atomic E-state index is 10.4. The Morgan fingerprint density at radius 3 is 2.52 bits per heavy atom. The van der Waals surface area contributed by atoms with Gasteiger partial charge in [-0.25, -0.2) is 0 Å². The van der Waals surface area contributed by atoms with Gasteiger partial charge in [-0.1, -0.05) is 42.5 Å². The van der Waals surface area contributed by atoms with Crippen molar-refractivity contribution in [3.63, 3.8) is 0 Å². The zero-order chi connectivity index (χ0) is 17.6. The number of hydrogen-bond acceptors (Lipinski definition) is 4. The summed E-state index contributed by atoms with van der Waals surface area (Å²) in [6.07, 6.45) is 0.624. The molecule has 25 heavy (non-hydrogen) atoms. The van der Waals surface area contributed by atoms with E-state index in [-0.39, 0.29) is 0 Å². The van der Waals surface area contributed by atoms with Gasteiger partial charge >= 0.3 is 0 Å². The van der Waals surface area contributed by atoms with Gasteiger partial charge in [0, 0.05) is 31.7 Å². The highest BCUT2D eigenvalue weighted by atomic mass is 16.5. The molecule has 2 aromatic rings. The number of aliphatic hydroxyl groups excluding tert-OH is 1. The molecule has 1 saturated heterocycles. The molecule has 1 heterocycles. The SMILES string of the molecule is COc1ccc(C(O)CNC2CCN(C(C)c3ccccc3)C2)cc1. The van der Waals surface area contributed by atoms with Crippen LogP contribution in [0.15, 0.2) is 54.6 Å². The first-order valence-electron chi connectivity index (χ1n) is 9.01. The van der Waals surface area contributed by atoms with Gasteiger partial charge in [-0.05, 0) is 36.6 Å². The van der Waals surface area contributed by atoms with Crippen molar-refractivity contribution in [1.29, 1.82) is 0 Å². The van der Waals surface area contributed by atoms with Gasteiger partial charge in [0.15, 0.2) is 0 Å². The van der Waals surface area contributed by atoms with Gasteiger partial charge in [0.2, 0.25) is 0 Å². The molecule has 0 saturated carbocycles. The molecule has 134 valence electrons. The van der Waals surface area contributed by atoms with E-state index in [0.717, 1.165) is 30.8 Å². The summed E-state index contributed by atoms with van der Waals surface area (Å²) in [6.45, 7) is 4.95. The van der Waals surface area contributed by atoms with Gasteiger partial charge in [0.05, 0.1) is 13.2 Å². The largest absolute Gasteiger partial charge is 0.497 e. The second kappa shape index (κ2) is 8.48. The molecular weight excluding hydrogens is 312 g/mol. The molecule has 0 aliphatic carbocycles. The van der Waals surface area contributed by atoms with Crippen LogP contribution in [0.3, 0.4) is 0 Å². The lowest BCUT2D eigenvalue weighted by molar-refractivity contribution is 0.168. The van der Waals surface area contributed by atoms with Crippen molar-refractivity contribution < 1.29 is 9.84 Å². The van der Waals surface area contributed by atoms with Crippen molar-refractivity contribution >= 4 is 0 Å². The number of nitrogens with one attached hydrogen (secondary N) is 1. The van der Waals surface area contributed by atoms with Crippen molar-refractivity contribution in [3.8, 4) is 5.75 Å². The minimum Gasteiger partial charge on any atom is -0.497 e. The van der Waals surface area contributed by atoms with Crippen LogP contribution in [0.25, 0.3) is 0 Å². The Labute approximate surface area is 150 Å². The Balaban J connectivity index is 1.48. The number of ether oxygens (including phenoxy) is 1. The molecule has 2 N–H and O–H groups in total. The predicted octanol–water partition coefficient (Wildman–Crippen LogP) is 3.15. The molecule has 1 fully saturated rings. The first-order valence-corrected chi connectivity index (χ1v) is 9.01. The topological polar surface area (TPSA) is 44.7 Å². The standard InChI is InChI=1S/C21H28N2O2/c1-16(17-6-4-3-5-7-17)23-13-12-19(15-23)22-14-21(24)18-8-10-20(25-2)11-9-18/h3-11,16,19,21-22,24H,12-15H2,1-2H3. The van der Waals surface area contributed by atoms with E-state index in [1.807, 2.05) is 24.3 Å². The summed E-state index contributed by atoms with van der Waals surface area (Å²) in [5.41, 5.74) is 2.28. The number of hydrogen-bond donors (Lipinski definition) is 2. The fourth-order valence-corrected chi connectivity index (χ4v) is 3.47. The van der Waals surface area contributed by atoms with E-state index in [1.165, 1.54) is 5.56 Å². The van der Waals surface area contributed by atoms with Crippen LogP contribution in [0, 0.1) is 0 Å². The minimum absolute atomic E-state index is 0.430. The Hall–Kier alpha value is -1.88. The quantitative estimate of drug-likeness (QED) is 0.813. The second-order valence-corrected chi connectivity index (χ2v) is 6.76. The van der Waals surface area contributed by atoms with Gasteiger partial charge in [0.1, 0.15) is 5.75 Å². The Morgan fingerprint density at radius 2 is 1.84 bits per heavy atom. The highest BCUT2D eigenvalue weighted by molar-refractivity contribution is 5.28. The van der Waals surface area contributed by atoms with Crippen LogP contribution >= 0.6 is 0 Å². The number of nitrogens with zero attached hydrogens (tertiary/aromatic N) is 1. The van der Waals surface area contributed by atoms with E-state index in [1.54, 1.807) is 7.11 Å². The number of aliphatic hydroxyl groups is 1. The number of rotatable bonds is 7. The van der Waals surface area contributed by atoms with Crippen molar-refractivity contribution in [2.45, 2.75) is 31.5 Å². The first-order chi connectivity index (χ1) is 12.2. The second-order valence-electron chi connectivity index (χ2n) is 6.76. The van der Waals surface area contributed by atoms with E-state index in [0.29, 0.717) is 18.6 Å². The average Bonchev–Trinajstić information content (AvgIpc) is 3.15. The molecule has 0 amide bonds. The van der Waals surface area contributed by atoms with E-state index >= 15 is 0 Å². The minimum atomic E-state index is -0.494. The summed E-state index contributed by atoms with van der Waals surface area (Å²) in [5, 5.41) is 13.9. The van der Waals surface area contributed by atoms with Gasteiger partial charge < -0.3 is 15.2 Å². The number of methoxy groups -OCH3 is 1. The first kappa shape index (κ1) is 17.9. The van der Waals surface area contributed by atoms with Gasteiger partial charge in [-0.15, -0.1) is 0 Å². The lowest BCUT2D eigenvalue weighted by atomic mass is 10.1. The van der Waals surface area contributed by atoms with Crippen LogP contribution in [-0.2, 0) is 0 Å². The third-order valence-corrected chi connectivity index (χ3v) is 5.15. The van der Waals surface area contributed by atoms with Crippen molar-refractivity contribution in [2.24, 2.45) is 0 Å². The van der Waals surface area contributed by atoms with Gasteiger partial charge in [-0.2, -0.15) is 0 Å². The maximum Gasteiger partial charge on any atom is 0.118 e. The van der Waals surface area contributed by atoms with Crippen LogP contribution in [0.1, 0.15) is 36.6 Å². The summed E-state index contributed by atoms with van der Waals surface area (Å²) in [6, 6.07) is 19.1. The van der Waals surface area contributed by atoms with Gasteiger partial charge in [-0.3, -0.25) is 4.90 Å². The Kier molecular flexibility index (Phi) is 6.08. The van der Waals surface area contributed by atoms with Crippen molar-refractivity contribution in [2.75, 3.05) is 26.7 Å². The molecule has 4 heteroatoms. The molecule has 0 spiro atoms. The number of likely N-dealkylation sites (tertiary alicyclic amines) is 1. The van der Waals surface area contributed by atoms with Crippen molar-refractivity contribution in [1.82, 2.24) is 10.2 Å². The fourth-order valence-electron chi connectivity index (χ4n) is 3.47. The van der Waals surface area contributed by atoms with Crippen LogP contribution in [-0.4, -0.2) is 42.8 Å². The zero-order valence-corrected chi connectivity index (χ0v) is 15.1. The normalized spacial score (nSPS) is 20.4. The summed E-state index contributed by atoms with van der Waals surface area (Å²) in [4.78, 5) is 2.51. The molecule has 2 aromatic carbocycles. The molecule has 3 atom stereocenters. The highest BCUT2D eigenvalue weighted by Gasteiger charge is 2.26. The van der Waals surface area contributed by atoms with E-state index in [4.69, 9.17) is 4.74 Å². The molecule has 1 aliphatic rings. The lowest BCUT2D eigenvalue weighted by Crippen LogP contribution is -2.35. The molecule has 0 aromatic heterocycles. The summed E-state index contributed by atoms with van der Waals surface area (Å²) >= 11 is 0. The van der Waals surface area contributed by atoms with Gasteiger partial charge in [0.25, 0.3) is 0 Å². The predicted molar refractivity (Wildman–Crippen MR) is 101 cm³/mol. The molecule has 0 radical (unpaired) electrons. The van der Waals surface area contributed by atoms with E-state index < -0.39 is 6.10 Å². The van der Waals surface area contributed by atoms with E-state index in [9.17, 15) is 5.11 Å². The van der Waals surface area contributed by atoms with Crippen LogP contribution in [0.2, 0.25) is 0 Å². The molecule has 3 unspecified atom stereocenters. The molecule has 4 nitrogen and oxygen atoms in total. The smallest absolute Gasteiger partial charge is 0.118 e. The lowest BCUT2D eigenvalue weighted by Gasteiger charge is -2.25. The van der Waals surface area contributed by atoms with Crippen LogP contribution < -0.4 is 10.1 Å². The molecule has 3 rings (SSSR count). The zero-order valence-electron chi connectivity index (χ0n) is 15.1.